The summed E-state index contributed by atoms with van der Waals surface area (Å²) in [5, 5.41) is 12.3. The van der Waals surface area contributed by atoms with Crippen LogP contribution in [0.15, 0.2) is 18.2 Å². The number of carbonyl (C=O) groups is 2. The summed E-state index contributed by atoms with van der Waals surface area (Å²) in [6, 6.07) is 4.51. The molecule has 0 saturated carbocycles. The Balaban J connectivity index is 2.94. The lowest BCUT2D eigenvalue weighted by Gasteiger charge is -2.09. The van der Waals surface area contributed by atoms with Crippen LogP contribution in [0.25, 0.3) is 0 Å². The zero-order valence-electron chi connectivity index (χ0n) is 9.82. The number of ether oxygens (including phenoxy) is 1. The highest BCUT2D eigenvalue weighted by molar-refractivity contribution is 5.98. The number of phenols is 1. The fourth-order valence-corrected chi connectivity index (χ4v) is 1.36. The van der Waals surface area contributed by atoms with E-state index in [2.05, 4.69) is 10.1 Å². The second-order valence-electron chi connectivity index (χ2n) is 3.49. The number of methoxy groups -OCH3 is 1. The number of aromatic hydroxyl groups is 1. The molecule has 0 aliphatic rings. The molecule has 0 heterocycles. The van der Waals surface area contributed by atoms with Gasteiger partial charge in [-0.15, -0.1) is 0 Å². The van der Waals surface area contributed by atoms with Gasteiger partial charge in [-0.25, -0.2) is 4.79 Å². The van der Waals surface area contributed by atoms with Crippen LogP contribution in [0.1, 0.15) is 30.1 Å². The maximum Gasteiger partial charge on any atom is 0.341 e. The predicted molar refractivity (Wildman–Crippen MR) is 63.0 cm³/mol. The van der Waals surface area contributed by atoms with Crippen molar-refractivity contribution in [2.24, 2.45) is 0 Å². The second kappa shape index (κ2) is 5.89. The largest absolute Gasteiger partial charge is 0.505 e. The van der Waals surface area contributed by atoms with Gasteiger partial charge >= 0.3 is 5.97 Å². The molecule has 2 N–H and O–H groups in total. The normalized spacial score (nSPS) is 9.76. The van der Waals surface area contributed by atoms with Gasteiger partial charge in [-0.1, -0.05) is 13.0 Å². The number of esters is 1. The van der Waals surface area contributed by atoms with Gasteiger partial charge in [0.15, 0.2) is 5.75 Å². The maximum absolute atomic E-state index is 11.4. The van der Waals surface area contributed by atoms with E-state index < -0.39 is 5.97 Å². The number of rotatable bonds is 4. The van der Waals surface area contributed by atoms with E-state index in [1.165, 1.54) is 19.2 Å². The number of anilines is 1. The van der Waals surface area contributed by atoms with Crippen LogP contribution in [-0.2, 0) is 9.53 Å². The third-order valence-corrected chi connectivity index (χ3v) is 2.19. The highest BCUT2D eigenvalue weighted by Crippen LogP contribution is 2.28. The number of hydrogen-bond acceptors (Lipinski definition) is 4. The minimum Gasteiger partial charge on any atom is -0.505 e. The van der Waals surface area contributed by atoms with Crippen molar-refractivity contribution in [3.05, 3.63) is 23.8 Å². The molecule has 0 fully saturated rings. The van der Waals surface area contributed by atoms with Gasteiger partial charge in [-0.2, -0.15) is 0 Å². The summed E-state index contributed by atoms with van der Waals surface area (Å²) in [6.45, 7) is 1.88. The van der Waals surface area contributed by atoms with E-state index >= 15 is 0 Å². The number of para-hydroxylation sites is 1. The zero-order valence-corrected chi connectivity index (χ0v) is 9.82. The van der Waals surface area contributed by atoms with E-state index in [0.717, 1.165) is 0 Å². The third kappa shape index (κ3) is 3.21. The van der Waals surface area contributed by atoms with Gasteiger partial charge in [-0.3, -0.25) is 4.79 Å². The van der Waals surface area contributed by atoms with E-state index in [4.69, 9.17) is 0 Å². The Morgan fingerprint density at radius 3 is 2.71 bits per heavy atom. The lowest BCUT2D eigenvalue weighted by molar-refractivity contribution is -0.116. The maximum atomic E-state index is 11.4. The van der Waals surface area contributed by atoms with Crippen LogP contribution in [-0.4, -0.2) is 24.1 Å². The standard InChI is InChI=1S/C12H15NO4/c1-3-5-10(14)13-9-7-4-6-8(11(9)15)12(16)17-2/h4,6-7,15H,3,5H2,1-2H3,(H,13,14). The predicted octanol–water partition coefficient (Wildman–Crippen LogP) is 1.92. The molecule has 5 heteroatoms. The number of hydrogen-bond donors (Lipinski definition) is 2. The number of carbonyl (C=O) groups excluding carboxylic acids is 2. The van der Waals surface area contributed by atoms with Crippen LogP contribution in [0.2, 0.25) is 0 Å². The summed E-state index contributed by atoms with van der Waals surface area (Å²) in [5.74, 6) is -1.12. The first-order valence-corrected chi connectivity index (χ1v) is 5.30. The third-order valence-electron chi connectivity index (χ3n) is 2.19. The van der Waals surface area contributed by atoms with E-state index in [1.807, 2.05) is 6.92 Å². The Labute approximate surface area is 99.4 Å². The van der Waals surface area contributed by atoms with Crippen molar-refractivity contribution in [1.29, 1.82) is 0 Å². The van der Waals surface area contributed by atoms with Crippen LogP contribution in [0.4, 0.5) is 5.69 Å². The average Bonchev–Trinajstić information content (AvgIpc) is 2.31. The minimum atomic E-state index is -0.644. The summed E-state index contributed by atoms with van der Waals surface area (Å²) in [6.07, 6.45) is 1.07. The highest BCUT2D eigenvalue weighted by Gasteiger charge is 2.15. The van der Waals surface area contributed by atoms with E-state index in [1.54, 1.807) is 6.07 Å². The van der Waals surface area contributed by atoms with Gasteiger partial charge in [0.1, 0.15) is 5.56 Å². The van der Waals surface area contributed by atoms with Gasteiger partial charge in [0.05, 0.1) is 12.8 Å². The molecule has 17 heavy (non-hydrogen) atoms. The topological polar surface area (TPSA) is 75.6 Å². The zero-order chi connectivity index (χ0) is 12.8. The van der Waals surface area contributed by atoms with Crippen LogP contribution in [0, 0.1) is 0 Å². The SMILES string of the molecule is CCCC(=O)Nc1cccc(C(=O)OC)c1O. The molecule has 0 spiro atoms. The van der Waals surface area contributed by atoms with Crippen molar-refractivity contribution >= 4 is 17.6 Å². The molecule has 1 aromatic rings. The Bertz CT molecular complexity index is 429. The molecule has 1 rings (SSSR count). The Hall–Kier alpha value is -2.04. The number of nitrogens with one attached hydrogen (secondary N) is 1. The van der Waals surface area contributed by atoms with Crippen LogP contribution < -0.4 is 5.32 Å². The number of amides is 1. The molecule has 92 valence electrons. The molecule has 0 atom stereocenters. The average molecular weight is 237 g/mol. The van der Waals surface area contributed by atoms with E-state index in [0.29, 0.717) is 12.8 Å². The lowest BCUT2D eigenvalue weighted by Crippen LogP contribution is -2.12. The van der Waals surface area contributed by atoms with Crippen molar-refractivity contribution < 1.29 is 19.4 Å². The smallest absolute Gasteiger partial charge is 0.341 e. The monoisotopic (exact) mass is 237 g/mol. The summed E-state index contributed by atoms with van der Waals surface area (Å²) in [7, 11) is 1.23. The van der Waals surface area contributed by atoms with Gasteiger partial charge in [0, 0.05) is 6.42 Å². The fourth-order valence-electron chi connectivity index (χ4n) is 1.36. The first-order chi connectivity index (χ1) is 8.10. The fraction of sp³-hybridized carbons (Fsp3) is 0.333. The summed E-state index contributed by atoms with van der Waals surface area (Å²) in [5.41, 5.74) is 0.244. The summed E-state index contributed by atoms with van der Waals surface area (Å²) >= 11 is 0. The Morgan fingerprint density at radius 1 is 1.41 bits per heavy atom. The minimum absolute atomic E-state index is 0.0294. The molecule has 0 aliphatic carbocycles. The first kappa shape index (κ1) is 13.0. The first-order valence-electron chi connectivity index (χ1n) is 5.30. The van der Waals surface area contributed by atoms with E-state index in [9.17, 15) is 14.7 Å². The van der Waals surface area contributed by atoms with Crippen LogP contribution in [0.5, 0.6) is 5.75 Å². The molecule has 1 amide bonds. The second-order valence-corrected chi connectivity index (χ2v) is 3.49. The summed E-state index contributed by atoms with van der Waals surface area (Å²) < 4.78 is 4.51. The van der Waals surface area contributed by atoms with Gasteiger partial charge in [-0.05, 0) is 18.6 Å². The van der Waals surface area contributed by atoms with Crippen LogP contribution in [0.3, 0.4) is 0 Å². The molecule has 0 bridgehead atoms. The number of benzene rings is 1. The molecule has 0 unspecified atom stereocenters. The van der Waals surface area contributed by atoms with Crippen molar-refractivity contribution in [2.75, 3.05) is 12.4 Å². The van der Waals surface area contributed by atoms with Crippen molar-refractivity contribution in [3.63, 3.8) is 0 Å². The van der Waals surface area contributed by atoms with Gasteiger partial charge in [0.25, 0.3) is 0 Å². The lowest BCUT2D eigenvalue weighted by atomic mass is 10.1. The van der Waals surface area contributed by atoms with Gasteiger partial charge in [0.2, 0.25) is 5.91 Å². The molecule has 0 saturated heterocycles. The van der Waals surface area contributed by atoms with Crippen molar-refractivity contribution in [3.8, 4) is 5.75 Å². The molecule has 0 aromatic heterocycles. The van der Waals surface area contributed by atoms with Crippen molar-refractivity contribution in [1.82, 2.24) is 0 Å². The molecule has 0 aliphatic heterocycles. The summed E-state index contributed by atoms with van der Waals surface area (Å²) in [4.78, 5) is 22.7. The molecule has 0 radical (unpaired) electrons. The Morgan fingerprint density at radius 2 is 2.12 bits per heavy atom. The molecule has 5 nitrogen and oxygen atoms in total. The van der Waals surface area contributed by atoms with Crippen LogP contribution >= 0.6 is 0 Å². The number of phenolic OH excluding ortho intramolecular Hbond substituents is 1. The van der Waals surface area contributed by atoms with E-state index in [-0.39, 0.29) is 22.9 Å². The Kier molecular flexibility index (Phi) is 4.51. The highest BCUT2D eigenvalue weighted by atomic mass is 16.5. The quantitative estimate of drug-likeness (QED) is 0.619. The molecular formula is C12H15NO4. The molecule has 1 aromatic carbocycles. The van der Waals surface area contributed by atoms with Gasteiger partial charge < -0.3 is 15.2 Å². The van der Waals surface area contributed by atoms with Crippen molar-refractivity contribution in [2.45, 2.75) is 19.8 Å². The molecular weight excluding hydrogens is 222 g/mol.